The SMILES string of the molecule is N#Cc1ccc(N=C(c2ccccc2)C2C(=O)Nc3ccccc32)cc1. The average molecular weight is 337 g/mol. The standard InChI is InChI=1S/C22H15N3O/c23-14-15-10-12-17(13-11-15)24-21(16-6-2-1-3-7-16)20-18-8-4-5-9-19(18)25-22(20)26/h1-13,20H,(H,25,26). The fourth-order valence-electron chi connectivity index (χ4n) is 3.13. The molecule has 1 N–H and O–H groups in total. The number of para-hydroxylation sites is 1. The van der Waals surface area contributed by atoms with E-state index in [-0.39, 0.29) is 5.91 Å². The number of nitrogens with one attached hydrogen (secondary N) is 1. The van der Waals surface area contributed by atoms with Gasteiger partial charge in [-0.05, 0) is 41.5 Å². The second kappa shape index (κ2) is 6.66. The Kier molecular flexibility index (Phi) is 4.04. The summed E-state index contributed by atoms with van der Waals surface area (Å²) < 4.78 is 0. The van der Waals surface area contributed by atoms with Crippen molar-refractivity contribution in [2.24, 2.45) is 4.99 Å². The summed E-state index contributed by atoms with van der Waals surface area (Å²) in [7, 11) is 0. The first-order chi connectivity index (χ1) is 12.8. The van der Waals surface area contributed by atoms with Crippen LogP contribution in [0.25, 0.3) is 0 Å². The minimum Gasteiger partial charge on any atom is -0.325 e. The van der Waals surface area contributed by atoms with E-state index in [2.05, 4.69) is 11.4 Å². The minimum atomic E-state index is -0.468. The van der Waals surface area contributed by atoms with E-state index in [0.717, 1.165) is 16.8 Å². The van der Waals surface area contributed by atoms with Crippen LogP contribution in [0.4, 0.5) is 11.4 Å². The highest BCUT2D eigenvalue weighted by atomic mass is 16.2. The summed E-state index contributed by atoms with van der Waals surface area (Å²) in [5.41, 5.74) is 4.63. The number of rotatable bonds is 3. The van der Waals surface area contributed by atoms with Crippen molar-refractivity contribution in [2.75, 3.05) is 5.32 Å². The molecule has 124 valence electrons. The highest BCUT2D eigenvalue weighted by Crippen LogP contribution is 2.36. The highest BCUT2D eigenvalue weighted by Gasteiger charge is 2.35. The predicted molar refractivity (Wildman–Crippen MR) is 102 cm³/mol. The lowest BCUT2D eigenvalue weighted by Gasteiger charge is -2.14. The summed E-state index contributed by atoms with van der Waals surface area (Å²) in [6.07, 6.45) is 0. The molecule has 1 aliphatic rings. The van der Waals surface area contributed by atoms with Gasteiger partial charge in [0.15, 0.2) is 0 Å². The third kappa shape index (κ3) is 2.87. The van der Waals surface area contributed by atoms with Crippen molar-refractivity contribution in [1.82, 2.24) is 0 Å². The van der Waals surface area contributed by atoms with Gasteiger partial charge in [-0.1, -0.05) is 48.5 Å². The predicted octanol–water partition coefficient (Wildman–Crippen LogP) is 4.41. The van der Waals surface area contributed by atoms with E-state index < -0.39 is 5.92 Å². The molecule has 0 radical (unpaired) electrons. The first-order valence-electron chi connectivity index (χ1n) is 8.30. The zero-order chi connectivity index (χ0) is 17.9. The van der Waals surface area contributed by atoms with Crippen LogP contribution in [-0.2, 0) is 4.79 Å². The number of nitriles is 1. The second-order valence-electron chi connectivity index (χ2n) is 6.03. The normalized spacial score (nSPS) is 15.9. The Hall–Kier alpha value is -3.71. The Morgan fingerprint density at radius 2 is 1.62 bits per heavy atom. The number of fused-ring (bicyclic) bond motifs is 1. The molecule has 3 aromatic rings. The van der Waals surface area contributed by atoms with E-state index in [1.54, 1.807) is 24.3 Å². The molecule has 0 saturated carbocycles. The van der Waals surface area contributed by atoms with Crippen LogP contribution in [0, 0.1) is 11.3 Å². The van der Waals surface area contributed by atoms with Gasteiger partial charge in [0.25, 0.3) is 0 Å². The molecular weight excluding hydrogens is 322 g/mol. The second-order valence-corrected chi connectivity index (χ2v) is 6.03. The molecule has 26 heavy (non-hydrogen) atoms. The number of nitrogens with zero attached hydrogens (tertiary/aromatic N) is 2. The summed E-state index contributed by atoms with van der Waals surface area (Å²) in [6.45, 7) is 0. The third-order valence-corrected chi connectivity index (χ3v) is 4.38. The molecule has 0 spiro atoms. The Morgan fingerprint density at radius 3 is 2.35 bits per heavy atom. The number of amides is 1. The van der Waals surface area contributed by atoms with Crippen LogP contribution in [0.5, 0.6) is 0 Å². The summed E-state index contributed by atoms with van der Waals surface area (Å²) in [4.78, 5) is 17.5. The average Bonchev–Trinajstić information content (AvgIpc) is 3.03. The van der Waals surface area contributed by atoms with Gasteiger partial charge in [-0.3, -0.25) is 9.79 Å². The molecular formula is C22H15N3O. The van der Waals surface area contributed by atoms with Crippen LogP contribution >= 0.6 is 0 Å². The first-order valence-corrected chi connectivity index (χ1v) is 8.30. The minimum absolute atomic E-state index is 0.0811. The van der Waals surface area contributed by atoms with Gasteiger partial charge in [0.2, 0.25) is 5.91 Å². The van der Waals surface area contributed by atoms with E-state index in [0.29, 0.717) is 17.0 Å². The van der Waals surface area contributed by atoms with Gasteiger partial charge in [-0.25, -0.2) is 0 Å². The first kappa shape index (κ1) is 15.8. The number of carbonyl (C=O) groups is 1. The van der Waals surface area contributed by atoms with Crippen LogP contribution in [0.3, 0.4) is 0 Å². The smallest absolute Gasteiger partial charge is 0.238 e. The van der Waals surface area contributed by atoms with Gasteiger partial charge in [-0.15, -0.1) is 0 Å². The maximum Gasteiger partial charge on any atom is 0.238 e. The van der Waals surface area contributed by atoms with Crippen molar-refractivity contribution in [3.8, 4) is 6.07 Å². The number of benzene rings is 3. The number of hydrogen-bond acceptors (Lipinski definition) is 3. The molecule has 1 amide bonds. The maximum absolute atomic E-state index is 12.7. The summed E-state index contributed by atoms with van der Waals surface area (Å²) in [5, 5.41) is 11.9. The van der Waals surface area contributed by atoms with E-state index in [1.807, 2.05) is 54.6 Å². The quantitative estimate of drug-likeness (QED) is 0.719. The number of carbonyl (C=O) groups excluding carboxylic acids is 1. The molecule has 4 heteroatoms. The molecule has 4 nitrogen and oxygen atoms in total. The fraction of sp³-hybridized carbons (Fsp3) is 0.0455. The van der Waals surface area contributed by atoms with Crippen LogP contribution in [0.2, 0.25) is 0 Å². The van der Waals surface area contributed by atoms with Gasteiger partial charge in [0.1, 0.15) is 5.92 Å². The van der Waals surface area contributed by atoms with Crippen molar-refractivity contribution < 1.29 is 4.79 Å². The Balaban J connectivity index is 1.86. The lowest BCUT2D eigenvalue weighted by atomic mass is 9.90. The van der Waals surface area contributed by atoms with Gasteiger partial charge in [0, 0.05) is 5.69 Å². The summed E-state index contributed by atoms with van der Waals surface area (Å²) in [5.74, 6) is -0.549. The molecule has 1 unspecified atom stereocenters. The van der Waals surface area contributed by atoms with E-state index >= 15 is 0 Å². The molecule has 3 aromatic carbocycles. The topological polar surface area (TPSA) is 65.2 Å². The molecule has 4 rings (SSSR count). The Morgan fingerprint density at radius 1 is 0.923 bits per heavy atom. The van der Waals surface area contributed by atoms with E-state index in [1.165, 1.54) is 0 Å². The molecule has 0 bridgehead atoms. The van der Waals surface area contributed by atoms with Crippen molar-refractivity contribution in [1.29, 1.82) is 5.26 Å². The number of anilines is 1. The van der Waals surface area contributed by atoms with E-state index in [4.69, 9.17) is 10.3 Å². The van der Waals surface area contributed by atoms with Gasteiger partial charge in [-0.2, -0.15) is 5.26 Å². The summed E-state index contributed by atoms with van der Waals surface area (Å²) in [6, 6.07) is 26.5. The van der Waals surface area contributed by atoms with Gasteiger partial charge < -0.3 is 5.32 Å². The lowest BCUT2D eigenvalue weighted by molar-refractivity contribution is -0.115. The zero-order valence-electron chi connectivity index (χ0n) is 13.9. The van der Waals surface area contributed by atoms with Crippen molar-refractivity contribution in [2.45, 2.75) is 5.92 Å². The molecule has 0 fully saturated rings. The molecule has 0 aliphatic carbocycles. The summed E-state index contributed by atoms with van der Waals surface area (Å²) >= 11 is 0. The number of hydrogen-bond donors (Lipinski definition) is 1. The van der Waals surface area contributed by atoms with E-state index in [9.17, 15) is 4.79 Å². The Bertz CT molecular complexity index is 1030. The zero-order valence-corrected chi connectivity index (χ0v) is 13.9. The lowest BCUT2D eigenvalue weighted by Crippen LogP contribution is -2.21. The molecule has 0 aromatic heterocycles. The van der Waals surface area contributed by atoms with Crippen LogP contribution < -0.4 is 5.32 Å². The molecule has 1 heterocycles. The van der Waals surface area contributed by atoms with Crippen molar-refractivity contribution in [3.05, 3.63) is 95.6 Å². The van der Waals surface area contributed by atoms with Gasteiger partial charge >= 0.3 is 0 Å². The van der Waals surface area contributed by atoms with Crippen LogP contribution in [0.15, 0.2) is 83.9 Å². The maximum atomic E-state index is 12.7. The fourth-order valence-corrected chi connectivity index (χ4v) is 3.13. The van der Waals surface area contributed by atoms with Gasteiger partial charge in [0.05, 0.1) is 23.0 Å². The van der Waals surface area contributed by atoms with Crippen molar-refractivity contribution in [3.63, 3.8) is 0 Å². The highest BCUT2D eigenvalue weighted by molar-refractivity contribution is 6.24. The largest absolute Gasteiger partial charge is 0.325 e. The molecule has 0 saturated heterocycles. The number of aliphatic imine (C=N–C) groups is 1. The molecule has 1 atom stereocenters. The monoisotopic (exact) mass is 337 g/mol. The van der Waals surface area contributed by atoms with Crippen LogP contribution in [-0.4, -0.2) is 11.6 Å². The van der Waals surface area contributed by atoms with Crippen molar-refractivity contribution >= 4 is 23.0 Å². The Labute approximate surface area is 151 Å². The van der Waals surface area contributed by atoms with Crippen LogP contribution in [0.1, 0.15) is 22.6 Å². The molecule has 1 aliphatic heterocycles. The third-order valence-electron chi connectivity index (χ3n) is 4.38.